The predicted molar refractivity (Wildman–Crippen MR) is 51.0 cm³/mol. The number of nitriles is 1. The zero-order valence-corrected chi connectivity index (χ0v) is 8.00. The number of nitrogens with two attached hydrogens (primary N) is 1. The van der Waals surface area contributed by atoms with Crippen molar-refractivity contribution in [2.75, 3.05) is 7.11 Å². The molecule has 0 spiro atoms. The van der Waals surface area contributed by atoms with Gasteiger partial charge in [0.05, 0.1) is 24.3 Å². The number of hydrogen-bond donors (Lipinski definition) is 1. The number of primary amides is 1. The number of hydrogen-bond acceptors (Lipinski definition) is 3. The van der Waals surface area contributed by atoms with Gasteiger partial charge in [-0.15, -0.1) is 0 Å². The minimum Gasteiger partial charge on any atom is -0.496 e. The summed E-state index contributed by atoms with van der Waals surface area (Å²) in [5.41, 5.74) is 6.55. The Balaban J connectivity index is 3.45. The van der Waals surface area contributed by atoms with Crippen molar-refractivity contribution in [3.8, 4) is 11.8 Å². The lowest BCUT2D eigenvalue weighted by Gasteiger charge is -2.09. The van der Waals surface area contributed by atoms with E-state index in [1.807, 2.05) is 6.07 Å². The normalized spacial score (nSPS) is 9.21. The summed E-state index contributed by atoms with van der Waals surface area (Å²) >= 11 is 0. The first-order valence-electron chi connectivity index (χ1n) is 3.99. The molecule has 2 N–H and O–H groups in total. The zero-order valence-electron chi connectivity index (χ0n) is 8.00. The predicted octanol–water partition coefficient (Wildman–Crippen LogP) is 0.974. The van der Waals surface area contributed by atoms with Gasteiger partial charge in [-0.05, 0) is 19.1 Å². The molecule has 1 aromatic rings. The number of benzene rings is 1. The van der Waals surface area contributed by atoms with Gasteiger partial charge in [-0.1, -0.05) is 0 Å². The molecule has 0 aliphatic rings. The molecule has 4 heteroatoms. The summed E-state index contributed by atoms with van der Waals surface area (Å²) in [6.07, 6.45) is 0. The van der Waals surface area contributed by atoms with E-state index in [9.17, 15) is 4.79 Å². The van der Waals surface area contributed by atoms with Crippen LogP contribution in [0.1, 0.15) is 21.5 Å². The summed E-state index contributed by atoms with van der Waals surface area (Å²) in [4.78, 5) is 11.0. The van der Waals surface area contributed by atoms with Gasteiger partial charge in [-0.2, -0.15) is 5.26 Å². The highest BCUT2D eigenvalue weighted by Crippen LogP contribution is 2.25. The van der Waals surface area contributed by atoms with Crippen LogP contribution in [0.2, 0.25) is 0 Å². The van der Waals surface area contributed by atoms with Crippen molar-refractivity contribution in [3.63, 3.8) is 0 Å². The number of rotatable bonds is 2. The molecule has 0 saturated heterocycles. The standard InChI is InChI=1S/C10H10N2O2/c1-6-7(5-11)3-4-8(10(12)13)9(6)14-2/h3-4H,1-2H3,(H2,12,13). The SMILES string of the molecule is COc1c(C(N)=O)ccc(C#N)c1C. The third-order valence-corrected chi connectivity index (χ3v) is 2.00. The second-order valence-corrected chi connectivity index (χ2v) is 2.79. The van der Waals surface area contributed by atoms with Gasteiger partial charge in [-0.3, -0.25) is 4.79 Å². The molecular formula is C10H10N2O2. The Kier molecular flexibility index (Phi) is 2.73. The van der Waals surface area contributed by atoms with E-state index in [1.165, 1.54) is 13.2 Å². The Bertz CT molecular complexity index is 419. The molecular weight excluding hydrogens is 180 g/mol. The first-order valence-corrected chi connectivity index (χ1v) is 3.99. The highest BCUT2D eigenvalue weighted by molar-refractivity contribution is 5.96. The maximum absolute atomic E-state index is 11.0. The molecule has 1 amide bonds. The molecule has 0 radical (unpaired) electrons. The summed E-state index contributed by atoms with van der Waals surface area (Å²) in [5.74, 6) is -0.189. The van der Waals surface area contributed by atoms with Gasteiger partial charge in [-0.25, -0.2) is 0 Å². The Morgan fingerprint density at radius 2 is 2.21 bits per heavy atom. The summed E-state index contributed by atoms with van der Waals surface area (Å²) < 4.78 is 5.03. The second-order valence-electron chi connectivity index (χ2n) is 2.79. The molecule has 14 heavy (non-hydrogen) atoms. The smallest absolute Gasteiger partial charge is 0.252 e. The van der Waals surface area contributed by atoms with Gasteiger partial charge in [0.1, 0.15) is 5.75 Å². The monoisotopic (exact) mass is 190 g/mol. The molecule has 72 valence electrons. The Morgan fingerprint density at radius 1 is 1.57 bits per heavy atom. The Hall–Kier alpha value is -2.02. The molecule has 1 aromatic carbocycles. The largest absolute Gasteiger partial charge is 0.496 e. The maximum atomic E-state index is 11.0. The Morgan fingerprint density at radius 3 is 2.64 bits per heavy atom. The number of amides is 1. The minimum absolute atomic E-state index is 0.295. The highest BCUT2D eigenvalue weighted by Gasteiger charge is 2.13. The lowest BCUT2D eigenvalue weighted by Crippen LogP contribution is -2.13. The van der Waals surface area contributed by atoms with Crippen molar-refractivity contribution in [1.29, 1.82) is 5.26 Å². The third kappa shape index (κ3) is 1.52. The van der Waals surface area contributed by atoms with Crippen molar-refractivity contribution in [3.05, 3.63) is 28.8 Å². The fourth-order valence-corrected chi connectivity index (χ4v) is 1.27. The van der Waals surface area contributed by atoms with Crippen molar-refractivity contribution in [2.24, 2.45) is 5.73 Å². The van der Waals surface area contributed by atoms with Crippen LogP contribution in [0.15, 0.2) is 12.1 Å². The van der Waals surface area contributed by atoms with E-state index in [2.05, 4.69) is 0 Å². The molecule has 0 bridgehead atoms. The topological polar surface area (TPSA) is 76.1 Å². The van der Waals surface area contributed by atoms with E-state index < -0.39 is 5.91 Å². The molecule has 0 aliphatic heterocycles. The molecule has 0 saturated carbocycles. The van der Waals surface area contributed by atoms with E-state index in [4.69, 9.17) is 15.7 Å². The molecule has 0 heterocycles. The summed E-state index contributed by atoms with van der Waals surface area (Å²) in [6, 6.07) is 5.05. The zero-order chi connectivity index (χ0) is 10.7. The van der Waals surface area contributed by atoms with Gasteiger partial charge in [0.15, 0.2) is 0 Å². The number of carbonyl (C=O) groups is 1. The summed E-state index contributed by atoms with van der Waals surface area (Å²) in [6.45, 7) is 1.71. The van der Waals surface area contributed by atoms with Crippen LogP contribution in [0.5, 0.6) is 5.75 Å². The van der Waals surface area contributed by atoms with Crippen LogP contribution < -0.4 is 10.5 Å². The van der Waals surface area contributed by atoms with Crippen LogP contribution in [0, 0.1) is 18.3 Å². The van der Waals surface area contributed by atoms with Crippen molar-refractivity contribution in [1.82, 2.24) is 0 Å². The van der Waals surface area contributed by atoms with Crippen LogP contribution in [-0.4, -0.2) is 13.0 Å². The average molecular weight is 190 g/mol. The van der Waals surface area contributed by atoms with Gasteiger partial charge < -0.3 is 10.5 Å². The second kappa shape index (κ2) is 3.79. The third-order valence-electron chi connectivity index (χ3n) is 2.00. The van der Waals surface area contributed by atoms with Gasteiger partial charge in [0, 0.05) is 5.56 Å². The first-order chi connectivity index (χ1) is 6.61. The number of ether oxygens (including phenoxy) is 1. The maximum Gasteiger partial charge on any atom is 0.252 e. The van der Waals surface area contributed by atoms with E-state index in [-0.39, 0.29) is 0 Å². The minimum atomic E-state index is -0.561. The van der Waals surface area contributed by atoms with Gasteiger partial charge in [0.2, 0.25) is 0 Å². The molecule has 0 atom stereocenters. The quantitative estimate of drug-likeness (QED) is 0.755. The molecule has 1 rings (SSSR count). The van der Waals surface area contributed by atoms with Crippen LogP contribution >= 0.6 is 0 Å². The van der Waals surface area contributed by atoms with E-state index in [1.54, 1.807) is 13.0 Å². The number of carbonyl (C=O) groups excluding carboxylic acids is 1. The highest BCUT2D eigenvalue weighted by atomic mass is 16.5. The summed E-state index contributed by atoms with van der Waals surface area (Å²) in [5, 5.41) is 8.75. The van der Waals surface area contributed by atoms with Gasteiger partial charge in [0.25, 0.3) is 5.91 Å². The number of methoxy groups -OCH3 is 1. The fourth-order valence-electron chi connectivity index (χ4n) is 1.27. The lowest BCUT2D eigenvalue weighted by molar-refractivity contribution is 0.0997. The molecule has 4 nitrogen and oxygen atoms in total. The molecule has 0 fully saturated rings. The van der Waals surface area contributed by atoms with Crippen molar-refractivity contribution >= 4 is 5.91 Å². The van der Waals surface area contributed by atoms with Crippen LogP contribution in [-0.2, 0) is 0 Å². The van der Waals surface area contributed by atoms with Crippen LogP contribution in [0.3, 0.4) is 0 Å². The van der Waals surface area contributed by atoms with E-state index >= 15 is 0 Å². The van der Waals surface area contributed by atoms with Crippen LogP contribution in [0.4, 0.5) is 0 Å². The number of nitrogens with zero attached hydrogens (tertiary/aromatic N) is 1. The average Bonchev–Trinajstić information content (AvgIpc) is 2.17. The fraction of sp³-hybridized carbons (Fsp3) is 0.200. The lowest BCUT2D eigenvalue weighted by atomic mass is 10.0. The molecule has 0 unspecified atom stereocenters. The first kappa shape index (κ1) is 10.1. The Labute approximate surface area is 81.9 Å². The van der Waals surface area contributed by atoms with Crippen LogP contribution in [0.25, 0.3) is 0 Å². The summed E-state index contributed by atoms with van der Waals surface area (Å²) in [7, 11) is 1.44. The van der Waals surface area contributed by atoms with E-state index in [0.29, 0.717) is 22.4 Å². The van der Waals surface area contributed by atoms with Gasteiger partial charge >= 0.3 is 0 Å². The molecule has 0 aliphatic carbocycles. The van der Waals surface area contributed by atoms with Crippen molar-refractivity contribution < 1.29 is 9.53 Å². The molecule has 0 aromatic heterocycles. The van der Waals surface area contributed by atoms with Crippen molar-refractivity contribution in [2.45, 2.75) is 6.92 Å². The van der Waals surface area contributed by atoms with E-state index in [0.717, 1.165) is 0 Å².